The van der Waals surface area contributed by atoms with E-state index in [0.29, 0.717) is 23.6 Å². The normalized spacial score (nSPS) is 13.1. The van der Waals surface area contributed by atoms with Gasteiger partial charge < -0.3 is 15.0 Å². The largest absolute Gasteiger partial charge is 0.497 e. The highest BCUT2D eigenvalue weighted by Gasteiger charge is 2.19. The van der Waals surface area contributed by atoms with Crippen LogP contribution in [0.3, 0.4) is 0 Å². The van der Waals surface area contributed by atoms with Crippen LogP contribution in [0, 0.1) is 0 Å². The van der Waals surface area contributed by atoms with E-state index >= 15 is 0 Å². The molecule has 2 aromatic heterocycles. The van der Waals surface area contributed by atoms with Gasteiger partial charge in [-0.1, -0.05) is 30.3 Å². The first-order valence-electron chi connectivity index (χ1n) is 11.5. The number of methoxy groups -OCH3 is 1. The zero-order valence-electron chi connectivity index (χ0n) is 19.1. The molecule has 1 amide bonds. The van der Waals surface area contributed by atoms with Gasteiger partial charge in [-0.3, -0.25) is 4.79 Å². The molecule has 0 bridgehead atoms. The molecule has 1 aliphatic heterocycles. The van der Waals surface area contributed by atoms with Gasteiger partial charge in [-0.15, -0.1) is 0 Å². The number of pyridine rings is 1. The number of nitrogens with zero attached hydrogens (tertiary/aromatic N) is 4. The first-order chi connectivity index (χ1) is 16.7. The van der Waals surface area contributed by atoms with Gasteiger partial charge in [0.1, 0.15) is 17.3 Å². The number of carbonyl (C=O) groups is 1. The van der Waals surface area contributed by atoms with Crippen molar-refractivity contribution in [2.45, 2.75) is 19.4 Å². The highest BCUT2D eigenvalue weighted by molar-refractivity contribution is 6.00. The maximum Gasteiger partial charge on any atom is 0.255 e. The zero-order chi connectivity index (χ0) is 23.3. The number of carbonyl (C=O) groups excluding carboxylic acids is 1. The van der Waals surface area contributed by atoms with E-state index in [0.717, 1.165) is 35.7 Å². The Kier molecular flexibility index (Phi) is 6.25. The Morgan fingerprint density at radius 1 is 1.03 bits per heavy atom. The van der Waals surface area contributed by atoms with Crippen molar-refractivity contribution in [2.75, 3.05) is 25.1 Å². The zero-order valence-corrected chi connectivity index (χ0v) is 19.1. The standard InChI is InChI=1S/C27H27N5O2/c1-34-23-11-7-8-21(17-23)26-24(19-32(30-26)22-9-3-2-4-10-22)27(33)29-18-20-12-13-28-25(16-20)31-14-5-6-15-31/h2-4,7-13,16-17,19H,5-6,14-15,18H2,1H3,(H,29,33). The lowest BCUT2D eigenvalue weighted by atomic mass is 10.1. The van der Waals surface area contributed by atoms with Crippen molar-refractivity contribution < 1.29 is 9.53 Å². The van der Waals surface area contributed by atoms with Gasteiger partial charge in [-0.25, -0.2) is 9.67 Å². The number of rotatable bonds is 7. The minimum Gasteiger partial charge on any atom is -0.497 e. The number of ether oxygens (including phenoxy) is 1. The molecule has 0 saturated carbocycles. The summed E-state index contributed by atoms with van der Waals surface area (Å²) < 4.78 is 7.12. The van der Waals surface area contributed by atoms with E-state index in [1.54, 1.807) is 18.0 Å². The lowest BCUT2D eigenvalue weighted by Gasteiger charge is -2.17. The molecule has 0 aliphatic carbocycles. The summed E-state index contributed by atoms with van der Waals surface area (Å²) in [6, 6.07) is 21.4. The highest BCUT2D eigenvalue weighted by atomic mass is 16.5. The molecule has 1 fully saturated rings. The summed E-state index contributed by atoms with van der Waals surface area (Å²) in [6.07, 6.45) is 5.98. The molecule has 0 spiro atoms. The van der Waals surface area contributed by atoms with Crippen molar-refractivity contribution in [2.24, 2.45) is 0 Å². The first kappa shape index (κ1) is 21.7. The van der Waals surface area contributed by atoms with Gasteiger partial charge in [0.15, 0.2) is 0 Å². The maximum atomic E-state index is 13.3. The number of hydrogen-bond donors (Lipinski definition) is 1. The van der Waals surface area contributed by atoms with Crippen LogP contribution in [-0.2, 0) is 6.54 Å². The van der Waals surface area contributed by atoms with Crippen LogP contribution in [-0.4, -0.2) is 40.9 Å². The van der Waals surface area contributed by atoms with Gasteiger partial charge in [0.25, 0.3) is 5.91 Å². The van der Waals surface area contributed by atoms with Crippen LogP contribution in [0.2, 0.25) is 0 Å². The Bertz CT molecular complexity index is 1280. The smallest absolute Gasteiger partial charge is 0.255 e. The highest BCUT2D eigenvalue weighted by Crippen LogP contribution is 2.27. The average molecular weight is 454 g/mol. The number of nitrogens with one attached hydrogen (secondary N) is 1. The minimum atomic E-state index is -0.181. The molecule has 1 saturated heterocycles. The van der Waals surface area contributed by atoms with Crippen LogP contribution in [0.4, 0.5) is 5.82 Å². The number of amides is 1. The fourth-order valence-corrected chi connectivity index (χ4v) is 4.20. The van der Waals surface area contributed by atoms with E-state index in [9.17, 15) is 4.79 Å². The predicted molar refractivity (Wildman–Crippen MR) is 132 cm³/mol. The summed E-state index contributed by atoms with van der Waals surface area (Å²) in [5.41, 5.74) is 3.83. The van der Waals surface area contributed by atoms with Crippen LogP contribution in [0.5, 0.6) is 5.75 Å². The molecule has 3 heterocycles. The second kappa shape index (κ2) is 9.79. The Morgan fingerprint density at radius 2 is 1.85 bits per heavy atom. The predicted octanol–water partition coefficient (Wildman–Crippen LogP) is 4.47. The molecule has 5 rings (SSSR count). The molecule has 0 unspecified atom stereocenters. The van der Waals surface area contributed by atoms with Crippen molar-refractivity contribution in [3.63, 3.8) is 0 Å². The third-order valence-electron chi connectivity index (χ3n) is 6.02. The molecule has 7 heteroatoms. The lowest BCUT2D eigenvalue weighted by molar-refractivity contribution is 0.0951. The van der Waals surface area contributed by atoms with E-state index in [1.165, 1.54) is 12.8 Å². The topological polar surface area (TPSA) is 72.3 Å². The second-order valence-electron chi connectivity index (χ2n) is 8.30. The van der Waals surface area contributed by atoms with Gasteiger partial charge in [0.2, 0.25) is 0 Å². The second-order valence-corrected chi connectivity index (χ2v) is 8.30. The number of benzene rings is 2. The van der Waals surface area contributed by atoms with Gasteiger partial charge in [0.05, 0.1) is 18.4 Å². The molecule has 172 valence electrons. The van der Waals surface area contributed by atoms with E-state index in [1.807, 2.05) is 66.9 Å². The third-order valence-corrected chi connectivity index (χ3v) is 6.02. The molecular weight excluding hydrogens is 426 g/mol. The van der Waals surface area contributed by atoms with Crippen molar-refractivity contribution >= 4 is 11.7 Å². The Labute approximate surface area is 199 Å². The molecule has 1 aliphatic rings. The number of anilines is 1. The molecular formula is C27H27N5O2. The SMILES string of the molecule is COc1cccc(-c2nn(-c3ccccc3)cc2C(=O)NCc2ccnc(N3CCCC3)c2)c1. The molecule has 2 aromatic carbocycles. The Hall–Kier alpha value is -4.13. The fourth-order valence-electron chi connectivity index (χ4n) is 4.20. The molecule has 4 aromatic rings. The van der Waals surface area contributed by atoms with Crippen molar-refractivity contribution in [1.82, 2.24) is 20.1 Å². The summed E-state index contributed by atoms with van der Waals surface area (Å²) >= 11 is 0. The van der Waals surface area contributed by atoms with Crippen LogP contribution in [0.1, 0.15) is 28.8 Å². The first-order valence-corrected chi connectivity index (χ1v) is 11.5. The van der Waals surface area contributed by atoms with Gasteiger partial charge >= 0.3 is 0 Å². The van der Waals surface area contributed by atoms with Crippen LogP contribution >= 0.6 is 0 Å². The van der Waals surface area contributed by atoms with E-state index in [4.69, 9.17) is 9.84 Å². The van der Waals surface area contributed by atoms with Crippen molar-refractivity contribution in [3.05, 3.63) is 90.3 Å². The van der Waals surface area contributed by atoms with Gasteiger partial charge in [0, 0.05) is 37.6 Å². The summed E-state index contributed by atoms with van der Waals surface area (Å²) in [5, 5.41) is 7.82. The molecule has 34 heavy (non-hydrogen) atoms. The van der Waals surface area contributed by atoms with Crippen LogP contribution in [0.25, 0.3) is 16.9 Å². The molecule has 1 N–H and O–H groups in total. The minimum absolute atomic E-state index is 0.181. The van der Waals surface area contributed by atoms with E-state index in [-0.39, 0.29) is 5.91 Å². The van der Waals surface area contributed by atoms with Crippen molar-refractivity contribution in [1.29, 1.82) is 0 Å². The number of hydrogen-bond acceptors (Lipinski definition) is 5. The molecule has 7 nitrogen and oxygen atoms in total. The lowest BCUT2D eigenvalue weighted by Crippen LogP contribution is -2.24. The summed E-state index contributed by atoms with van der Waals surface area (Å²) in [4.78, 5) is 20.1. The Morgan fingerprint density at radius 3 is 2.65 bits per heavy atom. The Balaban J connectivity index is 1.42. The van der Waals surface area contributed by atoms with E-state index in [2.05, 4.69) is 21.3 Å². The number of aromatic nitrogens is 3. The van der Waals surface area contributed by atoms with Gasteiger partial charge in [-0.2, -0.15) is 5.10 Å². The van der Waals surface area contributed by atoms with Gasteiger partial charge in [-0.05, 0) is 54.8 Å². The maximum absolute atomic E-state index is 13.3. The molecule has 0 radical (unpaired) electrons. The van der Waals surface area contributed by atoms with Crippen LogP contribution in [0.15, 0.2) is 79.1 Å². The summed E-state index contributed by atoms with van der Waals surface area (Å²) in [7, 11) is 1.63. The van der Waals surface area contributed by atoms with Crippen molar-refractivity contribution in [3.8, 4) is 22.7 Å². The fraction of sp³-hybridized carbons (Fsp3) is 0.222. The number of para-hydroxylation sites is 1. The quantitative estimate of drug-likeness (QED) is 0.447. The monoisotopic (exact) mass is 453 g/mol. The summed E-state index contributed by atoms with van der Waals surface area (Å²) in [5.74, 6) is 1.50. The average Bonchev–Trinajstić information content (AvgIpc) is 3.59. The molecule has 0 atom stereocenters. The van der Waals surface area contributed by atoms with E-state index < -0.39 is 0 Å². The third kappa shape index (κ3) is 4.64. The van der Waals surface area contributed by atoms with Crippen LogP contribution < -0.4 is 15.0 Å². The summed E-state index contributed by atoms with van der Waals surface area (Å²) in [6.45, 7) is 2.48.